The molecule has 3 aromatic rings. The number of hydrogen-bond acceptors (Lipinski definition) is 3. The van der Waals surface area contributed by atoms with Gasteiger partial charge in [0, 0.05) is 16.8 Å². The lowest BCUT2D eigenvalue weighted by Gasteiger charge is -2.26. The molecule has 0 aliphatic carbocycles. The molecular formula is C29H31FN2O2S. The van der Waals surface area contributed by atoms with E-state index in [1.807, 2.05) is 48.5 Å². The predicted molar refractivity (Wildman–Crippen MR) is 143 cm³/mol. The molecule has 0 bridgehead atoms. The lowest BCUT2D eigenvalue weighted by atomic mass is 10.0. The molecule has 1 aliphatic rings. The highest BCUT2D eigenvalue weighted by Gasteiger charge is 2.35. The molecule has 4 nitrogen and oxygen atoms in total. The molecule has 6 heteroatoms. The largest absolute Gasteiger partial charge is 0.322 e. The third-order valence-corrected chi connectivity index (χ3v) is 7.57. The average molecular weight is 491 g/mol. The van der Waals surface area contributed by atoms with Crippen LogP contribution in [0.5, 0.6) is 0 Å². The van der Waals surface area contributed by atoms with E-state index in [1.165, 1.54) is 49.1 Å². The van der Waals surface area contributed by atoms with E-state index >= 15 is 0 Å². The van der Waals surface area contributed by atoms with Gasteiger partial charge in [-0.05, 0) is 67.3 Å². The lowest BCUT2D eigenvalue weighted by Crippen LogP contribution is -2.28. The van der Waals surface area contributed by atoms with E-state index in [2.05, 4.69) is 12.2 Å². The highest BCUT2D eigenvalue weighted by Crippen LogP contribution is 2.43. The van der Waals surface area contributed by atoms with Crippen LogP contribution in [0.1, 0.15) is 65.0 Å². The van der Waals surface area contributed by atoms with Crippen LogP contribution in [0.3, 0.4) is 0 Å². The molecule has 0 spiro atoms. The number of anilines is 2. The Morgan fingerprint density at radius 3 is 2.49 bits per heavy atom. The van der Waals surface area contributed by atoms with E-state index in [1.54, 1.807) is 24.0 Å². The fourth-order valence-corrected chi connectivity index (χ4v) is 5.47. The second-order valence-corrected chi connectivity index (χ2v) is 9.96. The van der Waals surface area contributed by atoms with Gasteiger partial charge in [0.1, 0.15) is 11.2 Å². The second-order valence-electron chi connectivity index (χ2n) is 8.89. The smallest absolute Gasteiger partial charge is 0.255 e. The molecule has 1 heterocycles. The Balaban J connectivity index is 1.41. The van der Waals surface area contributed by atoms with Gasteiger partial charge in [-0.15, -0.1) is 11.8 Å². The standard InChI is InChI=1S/C29H31FN2O2S/c1-3-4-5-6-8-21-11-13-22(14-12-21)28(34)31-24-17-15-23(16-18-24)29-32(27(33)19-35-29)26-10-7-9-25(30)20(26)2/h7,9-18,29H,3-6,8,19H2,1-2H3,(H,31,34)/t29-/m1/s1. The van der Waals surface area contributed by atoms with Crippen LogP contribution in [-0.2, 0) is 11.2 Å². The van der Waals surface area contributed by atoms with Crippen LogP contribution < -0.4 is 10.2 Å². The molecule has 1 fully saturated rings. The lowest BCUT2D eigenvalue weighted by molar-refractivity contribution is -0.115. The summed E-state index contributed by atoms with van der Waals surface area (Å²) >= 11 is 1.51. The third kappa shape index (κ3) is 5.93. The molecule has 1 aliphatic heterocycles. The number of amides is 2. The fourth-order valence-electron chi connectivity index (χ4n) is 4.30. The van der Waals surface area contributed by atoms with Crippen LogP contribution in [0.4, 0.5) is 15.8 Å². The van der Waals surface area contributed by atoms with Crippen molar-refractivity contribution < 1.29 is 14.0 Å². The molecule has 1 N–H and O–H groups in total. The first-order valence-electron chi connectivity index (χ1n) is 12.2. The Bertz CT molecular complexity index is 1180. The van der Waals surface area contributed by atoms with Gasteiger partial charge in [0.15, 0.2) is 0 Å². The topological polar surface area (TPSA) is 49.4 Å². The van der Waals surface area contributed by atoms with Crippen molar-refractivity contribution in [2.24, 2.45) is 0 Å². The molecule has 0 saturated carbocycles. The Kier molecular flexibility index (Phi) is 8.24. The summed E-state index contributed by atoms with van der Waals surface area (Å²) < 4.78 is 14.1. The second kappa shape index (κ2) is 11.5. The molecule has 0 aromatic heterocycles. The van der Waals surface area contributed by atoms with Gasteiger partial charge in [0.25, 0.3) is 5.91 Å². The van der Waals surface area contributed by atoms with Gasteiger partial charge in [-0.25, -0.2) is 4.39 Å². The number of unbranched alkanes of at least 4 members (excludes halogenated alkanes) is 3. The summed E-state index contributed by atoms with van der Waals surface area (Å²) in [7, 11) is 0. The van der Waals surface area contributed by atoms with Crippen LogP contribution in [0.2, 0.25) is 0 Å². The van der Waals surface area contributed by atoms with Gasteiger partial charge in [-0.2, -0.15) is 0 Å². The van der Waals surface area contributed by atoms with E-state index in [4.69, 9.17) is 0 Å². The summed E-state index contributed by atoms with van der Waals surface area (Å²) in [6, 6.07) is 20.1. The molecule has 0 radical (unpaired) electrons. The SMILES string of the molecule is CCCCCCc1ccc(C(=O)Nc2ccc([C@H]3SCC(=O)N3c3cccc(F)c3C)cc2)cc1. The zero-order valence-corrected chi connectivity index (χ0v) is 21.0. The van der Waals surface area contributed by atoms with Crippen molar-refractivity contribution in [1.82, 2.24) is 0 Å². The van der Waals surface area contributed by atoms with E-state index in [9.17, 15) is 14.0 Å². The van der Waals surface area contributed by atoms with Crippen molar-refractivity contribution in [2.75, 3.05) is 16.0 Å². The Morgan fingerprint density at radius 2 is 1.77 bits per heavy atom. The number of benzene rings is 3. The Morgan fingerprint density at radius 1 is 1.03 bits per heavy atom. The van der Waals surface area contributed by atoms with Crippen molar-refractivity contribution in [3.05, 3.63) is 94.8 Å². The number of rotatable bonds is 9. The quantitative estimate of drug-likeness (QED) is 0.321. The maximum atomic E-state index is 14.1. The monoisotopic (exact) mass is 490 g/mol. The van der Waals surface area contributed by atoms with E-state index in [0.29, 0.717) is 28.3 Å². The molecule has 1 atom stereocenters. The van der Waals surface area contributed by atoms with Crippen molar-refractivity contribution in [3.63, 3.8) is 0 Å². The van der Waals surface area contributed by atoms with Crippen molar-refractivity contribution >= 4 is 35.0 Å². The molecule has 182 valence electrons. The third-order valence-electron chi connectivity index (χ3n) is 6.36. The number of hydrogen-bond donors (Lipinski definition) is 1. The number of nitrogens with zero attached hydrogens (tertiary/aromatic N) is 1. The summed E-state index contributed by atoms with van der Waals surface area (Å²) in [5.41, 5.74) is 4.54. The van der Waals surface area contributed by atoms with Crippen LogP contribution in [-0.4, -0.2) is 17.6 Å². The first kappa shape index (κ1) is 25.0. The van der Waals surface area contributed by atoms with Gasteiger partial charge in [0.05, 0.1) is 11.4 Å². The molecular weight excluding hydrogens is 459 g/mol. The summed E-state index contributed by atoms with van der Waals surface area (Å²) in [4.78, 5) is 27.0. The van der Waals surface area contributed by atoms with Crippen LogP contribution in [0.15, 0.2) is 66.7 Å². The van der Waals surface area contributed by atoms with Crippen molar-refractivity contribution in [1.29, 1.82) is 0 Å². The molecule has 35 heavy (non-hydrogen) atoms. The van der Waals surface area contributed by atoms with E-state index < -0.39 is 0 Å². The van der Waals surface area contributed by atoms with Gasteiger partial charge < -0.3 is 5.32 Å². The summed E-state index contributed by atoms with van der Waals surface area (Å²) in [6.07, 6.45) is 5.94. The molecule has 4 rings (SSSR count). The molecule has 2 amide bonds. The number of halogens is 1. The van der Waals surface area contributed by atoms with E-state index in [-0.39, 0.29) is 23.0 Å². The van der Waals surface area contributed by atoms with Gasteiger partial charge in [-0.3, -0.25) is 14.5 Å². The molecule has 0 unspecified atom stereocenters. The minimum atomic E-state index is -0.325. The van der Waals surface area contributed by atoms with Crippen LogP contribution in [0, 0.1) is 12.7 Å². The molecule has 3 aromatic carbocycles. The fraction of sp³-hybridized carbons (Fsp3) is 0.310. The van der Waals surface area contributed by atoms with Gasteiger partial charge in [0.2, 0.25) is 5.91 Å². The predicted octanol–water partition coefficient (Wildman–Crippen LogP) is 7.29. The first-order chi connectivity index (χ1) is 17.0. The van der Waals surface area contributed by atoms with E-state index in [0.717, 1.165) is 12.0 Å². The Labute approximate surface area is 210 Å². The summed E-state index contributed by atoms with van der Waals surface area (Å²) in [5, 5.41) is 2.71. The zero-order valence-electron chi connectivity index (χ0n) is 20.2. The zero-order chi connectivity index (χ0) is 24.8. The number of carbonyl (C=O) groups is 2. The minimum Gasteiger partial charge on any atom is -0.322 e. The highest BCUT2D eigenvalue weighted by molar-refractivity contribution is 8.00. The summed E-state index contributed by atoms with van der Waals surface area (Å²) in [6.45, 7) is 3.90. The minimum absolute atomic E-state index is 0.0418. The number of aryl methyl sites for hydroxylation is 1. The van der Waals surface area contributed by atoms with Crippen molar-refractivity contribution in [3.8, 4) is 0 Å². The number of carbonyl (C=O) groups excluding carboxylic acids is 2. The maximum absolute atomic E-state index is 14.1. The average Bonchev–Trinajstić information content (AvgIpc) is 3.25. The normalized spacial score (nSPS) is 15.5. The van der Waals surface area contributed by atoms with Crippen LogP contribution >= 0.6 is 11.8 Å². The Hall–Kier alpha value is -3.12. The molecule has 1 saturated heterocycles. The van der Waals surface area contributed by atoms with Crippen LogP contribution in [0.25, 0.3) is 0 Å². The number of thioether (sulfide) groups is 1. The van der Waals surface area contributed by atoms with Gasteiger partial charge >= 0.3 is 0 Å². The maximum Gasteiger partial charge on any atom is 0.255 e. The van der Waals surface area contributed by atoms with Crippen molar-refractivity contribution in [2.45, 2.75) is 51.3 Å². The van der Waals surface area contributed by atoms with Gasteiger partial charge in [-0.1, -0.05) is 56.5 Å². The first-order valence-corrected chi connectivity index (χ1v) is 13.2. The summed E-state index contributed by atoms with van der Waals surface area (Å²) in [5.74, 6) is -0.181. The highest BCUT2D eigenvalue weighted by atomic mass is 32.2. The number of nitrogens with one attached hydrogen (secondary N) is 1.